The second-order valence-electron chi connectivity index (χ2n) is 3.55. The van der Waals surface area contributed by atoms with E-state index in [-0.39, 0.29) is 24.7 Å². The van der Waals surface area contributed by atoms with Gasteiger partial charge < -0.3 is 18.9 Å². The number of esters is 2. The Balaban J connectivity index is 2.82. The molecule has 0 saturated heterocycles. The van der Waals surface area contributed by atoms with Crippen molar-refractivity contribution < 1.29 is 33.3 Å². The average molecular weight is 282 g/mol. The summed E-state index contributed by atoms with van der Waals surface area (Å²) in [5, 5.41) is 0. The summed E-state index contributed by atoms with van der Waals surface area (Å²) in [6.07, 6.45) is 0.620. The lowest BCUT2D eigenvalue weighted by atomic mass is 10.2. The van der Waals surface area contributed by atoms with Crippen LogP contribution in [0.15, 0.2) is 18.2 Å². The van der Waals surface area contributed by atoms with E-state index in [1.54, 1.807) is 0 Å². The van der Waals surface area contributed by atoms with Gasteiger partial charge in [-0.25, -0.2) is 9.59 Å². The van der Waals surface area contributed by atoms with Gasteiger partial charge in [0, 0.05) is 5.56 Å². The van der Waals surface area contributed by atoms with Crippen LogP contribution in [0.3, 0.4) is 0 Å². The number of carbonyl (C=O) groups is 3. The van der Waals surface area contributed by atoms with Crippen molar-refractivity contribution in [2.24, 2.45) is 0 Å². The maximum absolute atomic E-state index is 11.0. The minimum atomic E-state index is -0.583. The summed E-state index contributed by atoms with van der Waals surface area (Å²) in [4.78, 5) is 32.8. The predicted molar refractivity (Wildman–Crippen MR) is 66.9 cm³/mol. The second kappa shape index (κ2) is 7.78. The Morgan fingerprint density at radius 2 is 1.55 bits per heavy atom. The molecule has 0 aliphatic heterocycles. The molecule has 7 nitrogen and oxygen atoms in total. The van der Waals surface area contributed by atoms with Crippen molar-refractivity contribution in [2.75, 3.05) is 27.4 Å². The highest BCUT2D eigenvalue weighted by Crippen LogP contribution is 2.28. The quantitative estimate of drug-likeness (QED) is 0.534. The van der Waals surface area contributed by atoms with Crippen LogP contribution in [-0.4, -0.2) is 45.7 Å². The van der Waals surface area contributed by atoms with Crippen LogP contribution in [-0.2, 0) is 19.1 Å². The van der Waals surface area contributed by atoms with Crippen LogP contribution in [0.1, 0.15) is 10.4 Å². The van der Waals surface area contributed by atoms with E-state index >= 15 is 0 Å². The van der Waals surface area contributed by atoms with Gasteiger partial charge in [-0.15, -0.1) is 0 Å². The smallest absolute Gasteiger partial charge is 0.343 e. The third-order valence-corrected chi connectivity index (χ3v) is 2.25. The fourth-order valence-electron chi connectivity index (χ4n) is 1.22. The first-order chi connectivity index (χ1) is 9.60. The lowest BCUT2D eigenvalue weighted by Crippen LogP contribution is -2.15. The van der Waals surface area contributed by atoms with Crippen molar-refractivity contribution in [3.05, 3.63) is 23.8 Å². The fourth-order valence-corrected chi connectivity index (χ4v) is 1.22. The molecule has 0 fully saturated rings. The van der Waals surface area contributed by atoms with Crippen molar-refractivity contribution in [1.29, 1.82) is 0 Å². The van der Waals surface area contributed by atoms with Crippen molar-refractivity contribution in [2.45, 2.75) is 0 Å². The van der Waals surface area contributed by atoms with E-state index in [9.17, 15) is 14.4 Å². The zero-order chi connectivity index (χ0) is 15.0. The van der Waals surface area contributed by atoms with Gasteiger partial charge in [0.25, 0.3) is 0 Å². The maximum atomic E-state index is 11.0. The molecular weight excluding hydrogens is 268 g/mol. The summed E-state index contributed by atoms with van der Waals surface area (Å²) in [5.74, 6) is -0.780. The normalized spacial score (nSPS) is 9.50. The fraction of sp³-hybridized carbons (Fsp3) is 0.308. The van der Waals surface area contributed by atoms with Gasteiger partial charge in [-0.05, 0) is 18.2 Å². The first kappa shape index (κ1) is 15.5. The Morgan fingerprint density at radius 1 is 1.00 bits per heavy atom. The van der Waals surface area contributed by atoms with Crippen molar-refractivity contribution in [3.63, 3.8) is 0 Å². The molecule has 0 N–H and O–H groups in total. The minimum Gasteiger partial charge on any atom is -0.478 e. The SMILES string of the molecule is COC(=O)COc1ccc(C=O)cc1OCC(=O)OC. The summed E-state index contributed by atoms with van der Waals surface area (Å²) < 4.78 is 19.2. The Bertz CT molecular complexity index is 495. The van der Waals surface area contributed by atoms with Gasteiger partial charge in [0.15, 0.2) is 24.7 Å². The monoisotopic (exact) mass is 282 g/mol. The molecule has 0 spiro atoms. The van der Waals surface area contributed by atoms with Crippen LogP contribution < -0.4 is 9.47 Å². The van der Waals surface area contributed by atoms with Gasteiger partial charge >= 0.3 is 11.9 Å². The van der Waals surface area contributed by atoms with E-state index in [0.717, 1.165) is 0 Å². The number of aldehydes is 1. The Kier molecular flexibility index (Phi) is 6.02. The van der Waals surface area contributed by atoms with Crippen molar-refractivity contribution >= 4 is 18.2 Å². The molecule has 0 aromatic heterocycles. The number of hydrogen-bond donors (Lipinski definition) is 0. The van der Waals surface area contributed by atoms with Crippen LogP contribution in [0, 0.1) is 0 Å². The number of hydrogen-bond acceptors (Lipinski definition) is 7. The number of rotatable bonds is 7. The molecule has 1 rings (SSSR count). The molecule has 0 unspecified atom stereocenters. The number of ether oxygens (including phenoxy) is 4. The van der Waals surface area contributed by atoms with Crippen LogP contribution in [0.4, 0.5) is 0 Å². The summed E-state index contributed by atoms with van der Waals surface area (Å²) in [6, 6.07) is 4.34. The average Bonchev–Trinajstić information content (AvgIpc) is 2.50. The van der Waals surface area contributed by atoms with Crippen molar-refractivity contribution in [1.82, 2.24) is 0 Å². The Labute approximate surface area is 115 Å². The molecule has 0 saturated carbocycles. The molecule has 0 amide bonds. The van der Waals surface area contributed by atoms with Gasteiger partial charge in [-0.1, -0.05) is 0 Å². The molecule has 0 aliphatic rings. The number of carbonyl (C=O) groups excluding carboxylic acids is 3. The molecule has 108 valence electrons. The molecular formula is C13H14O7. The summed E-state index contributed by atoms with van der Waals surface area (Å²) in [5.41, 5.74) is 0.343. The highest BCUT2D eigenvalue weighted by atomic mass is 16.6. The molecule has 1 aromatic carbocycles. The van der Waals surface area contributed by atoms with E-state index in [1.165, 1.54) is 32.4 Å². The van der Waals surface area contributed by atoms with Crippen LogP contribution in [0.5, 0.6) is 11.5 Å². The van der Waals surface area contributed by atoms with Gasteiger partial charge in [0.05, 0.1) is 14.2 Å². The first-order valence-electron chi connectivity index (χ1n) is 5.59. The molecule has 7 heteroatoms. The molecule has 0 radical (unpaired) electrons. The summed E-state index contributed by atoms with van der Waals surface area (Å²) in [6.45, 7) is -0.654. The molecule has 0 heterocycles. The highest BCUT2D eigenvalue weighted by molar-refractivity contribution is 5.77. The maximum Gasteiger partial charge on any atom is 0.343 e. The topological polar surface area (TPSA) is 88.1 Å². The summed E-state index contributed by atoms with van der Waals surface area (Å²) >= 11 is 0. The van der Waals surface area contributed by atoms with Gasteiger partial charge in [0.2, 0.25) is 0 Å². The van der Waals surface area contributed by atoms with Gasteiger partial charge in [-0.3, -0.25) is 4.79 Å². The Hall–Kier alpha value is -2.57. The third kappa shape index (κ3) is 4.60. The zero-order valence-electron chi connectivity index (χ0n) is 11.1. The lowest BCUT2D eigenvalue weighted by molar-refractivity contribution is -0.144. The Morgan fingerprint density at radius 3 is 2.05 bits per heavy atom. The minimum absolute atomic E-state index is 0.156. The number of benzene rings is 1. The molecule has 1 aromatic rings. The zero-order valence-corrected chi connectivity index (χ0v) is 11.1. The molecule has 0 aliphatic carbocycles. The van der Waals surface area contributed by atoms with Crippen LogP contribution in [0.25, 0.3) is 0 Å². The second-order valence-corrected chi connectivity index (χ2v) is 3.55. The van der Waals surface area contributed by atoms with Gasteiger partial charge in [-0.2, -0.15) is 0 Å². The number of methoxy groups -OCH3 is 2. The highest BCUT2D eigenvalue weighted by Gasteiger charge is 2.11. The van der Waals surface area contributed by atoms with Crippen LogP contribution in [0.2, 0.25) is 0 Å². The molecule has 20 heavy (non-hydrogen) atoms. The van der Waals surface area contributed by atoms with Crippen molar-refractivity contribution in [3.8, 4) is 11.5 Å². The van der Waals surface area contributed by atoms with Gasteiger partial charge in [0.1, 0.15) is 6.29 Å². The van der Waals surface area contributed by atoms with E-state index in [0.29, 0.717) is 11.8 Å². The first-order valence-corrected chi connectivity index (χ1v) is 5.59. The van der Waals surface area contributed by atoms with E-state index in [2.05, 4.69) is 9.47 Å². The van der Waals surface area contributed by atoms with E-state index in [4.69, 9.17) is 9.47 Å². The largest absolute Gasteiger partial charge is 0.478 e. The van der Waals surface area contributed by atoms with E-state index < -0.39 is 11.9 Å². The summed E-state index contributed by atoms with van der Waals surface area (Å²) in [7, 11) is 2.46. The standard InChI is InChI=1S/C13H14O7/c1-17-12(15)7-19-10-4-3-9(6-14)5-11(10)20-8-13(16)18-2/h3-6H,7-8H2,1-2H3. The predicted octanol–water partition coefficient (Wildman–Crippen LogP) is 0.603. The molecule has 0 atom stereocenters. The third-order valence-electron chi connectivity index (χ3n) is 2.25. The van der Waals surface area contributed by atoms with Crippen LogP contribution >= 0.6 is 0 Å². The lowest BCUT2D eigenvalue weighted by Gasteiger charge is -2.12. The molecule has 0 bridgehead atoms. The van der Waals surface area contributed by atoms with E-state index in [1.807, 2.05) is 0 Å².